The Bertz CT molecular complexity index is 986. The molecule has 0 atom stereocenters. The molecule has 2 aromatic carbocycles. The van der Waals surface area contributed by atoms with Crippen molar-refractivity contribution in [2.24, 2.45) is 0 Å². The largest absolute Gasteiger partial charge is 0.493 e. The van der Waals surface area contributed by atoms with Gasteiger partial charge in [-0.25, -0.2) is 0 Å². The molecule has 6 nitrogen and oxygen atoms in total. The summed E-state index contributed by atoms with van der Waals surface area (Å²) in [5.41, 5.74) is 1.62. The Kier molecular flexibility index (Phi) is 6.41. The van der Waals surface area contributed by atoms with Gasteiger partial charge in [0.2, 0.25) is 0 Å². The molecular weight excluding hydrogens is 388 g/mol. The van der Waals surface area contributed by atoms with Gasteiger partial charge in [-0.3, -0.25) is 19.8 Å². The van der Waals surface area contributed by atoms with Crippen LogP contribution in [0.15, 0.2) is 66.8 Å². The summed E-state index contributed by atoms with van der Waals surface area (Å²) >= 11 is 5.06. The van der Waals surface area contributed by atoms with Crippen molar-refractivity contribution in [2.45, 2.75) is 6.61 Å². The summed E-state index contributed by atoms with van der Waals surface area (Å²) < 4.78 is 11.2. The molecule has 1 aliphatic heterocycles. The molecule has 1 fully saturated rings. The van der Waals surface area contributed by atoms with Gasteiger partial charge in [-0.05, 0) is 41.6 Å². The quantitative estimate of drug-likeness (QED) is 0.330. The van der Waals surface area contributed by atoms with Gasteiger partial charge in [0, 0.05) is 6.54 Å². The van der Waals surface area contributed by atoms with Gasteiger partial charge in [0.1, 0.15) is 12.2 Å². The summed E-state index contributed by atoms with van der Waals surface area (Å²) in [6.07, 6.45) is 3.05. The number of carbonyl (C=O) groups excluding carboxylic acids is 2. The minimum absolute atomic E-state index is 0.0142. The minimum atomic E-state index is -0.539. The van der Waals surface area contributed by atoms with Crippen LogP contribution in [0, 0.1) is 0 Å². The van der Waals surface area contributed by atoms with Crippen molar-refractivity contribution in [3.05, 3.63) is 77.9 Å². The van der Waals surface area contributed by atoms with Gasteiger partial charge in [-0.2, -0.15) is 0 Å². The number of amides is 2. The van der Waals surface area contributed by atoms with Gasteiger partial charge in [0.25, 0.3) is 11.8 Å². The Morgan fingerprint density at radius 3 is 2.59 bits per heavy atom. The van der Waals surface area contributed by atoms with Crippen molar-refractivity contribution in [3.63, 3.8) is 0 Å². The molecule has 29 heavy (non-hydrogen) atoms. The zero-order chi connectivity index (χ0) is 20.8. The van der Waals surface area contributed by atoms with Gasteiger partial charge in [0.15, 0.2) is 16.6 Å². The highest BCUT2D eigenvalue weighted by atomic mass is 32.1. The van der Waals surface area contributed by atoms with E-state index in [0.717, 1.165) is 5.56 Å². The lowest BCUT2D eigenvalue weighted by atomic mass is 10.1. The van der Waals surface area contributed by atoms with E-state index in [-0.39, 0.29) is 17.2 Å². The van der Waals surface area contributed by atoms with E-state index in [0.29, 0.717) is 23.7 Å². The molecule has 0 bridgehead atoms. The third kappa shape index (κ3) is 4.70. The molecule has 3 rings (SSSR count). The van der Waals surface area contributed by atoms with Crippen LogP contribution in [0.25, 0.3) is 6.08 Å². The monoisotopic (exact) mass is 408 g/mol. The number of benzene rings is 2. The predicted molar refractivity (Wildman–Crippen MR) is 114 cm³/mol. The zero-order valence-electron chi connectivity index (χ0n) is 15.9. The van der Waals surface area contributed by atoms with E-state index in [1.54, 1.807) is 31.4 Å². The number of thiocarbonyl (C=S) groups is 1. The molecule has 148 valence electrons. The molecule has 7 heteroatoms. The third-order valence-corrected chi connectivity index (χ3v) is 4.56. The minimum Gasteiger partial charge on any atom is -0.493 e. The van der Waals surface area contributed by atoms with Crippen molar-refractivity contribution in [3.8, 4) is 11.5 Å². The van der Waals surface area contributed by atoms with E-state index in [4.69, 9.17) is 21.7 Å². The summed E-state index contributed by atoms with van der Waals surface area (Å²) in [6, 6.07) is 14.9. The summed E-state index contributed by atoms with van der Waals surface area (Å²) in [4.78, 5) is 26.2. The first-order valence-electron chi connectivity index (χ1n) is 8.88. The van der Waals surface area contributed by atoms with Crippen LogP contribution in [0.5, 0.6) is 11.5 Å². The Morgan fingerprint density at radius 2 is 1.90 bits per heavy atom. The van der Waals surface area contributed by atoms with Gasteiger partial charge in [-0.1, -0.05) is 42.5 Å². The van der Waals surface area contributed by atoms with Crippen LogP contribution in [0.3, 0.4) is 0 Å². The summed E-state index contributed by atoms with van der Waals surface area (Å²) in [5, 5.41) is 2.59. The van der Waals surface area contributed by atoms with E-state index in [1.165, 1.54) is 11.0 Å². The lowest BCUT2D eigenvalue weighted by Crippen LogP contribution is -2.53. The second-order valence-electron chi connectivity index (χ2n) is 6.21. The third-order valence-electron chi connectivity index (χ3n) is 4.23. The van der Waals surface area contributed by atoms with Crippen molar-refractivity contribution < 1.29 is 19.1 Å². The summed E-state index contributed by atoms with van der Waals surface area (Å²) in [7, 11) is 1.55. The lowest BCUT2D eigenvalue weighted by molar-refractivity contribution is -0.128. The average Bonchev–Trinajstić information content (AvgIpc) is 2.73. The Balaban J connectivity index is 1.88. The lowest BCUT2D eigenvalue weighted by Gasteiger charge is -2.27. The summed E-state index contributed by atoms with van der Waals surface area (Å²) in [6.45, 7) is 4.18. The molecule has 2 amide bonds. The molecule has 1 N–H and O–H groups in total. The zero-order valence-corrected chi connectivity index (χ0v) is 16.7. The van der Waals surface area contributed by atoms with Gasteiger partial charge < -0.3 is 9.47 Å². The molecule has 2 aromatic rings. The van der Waals surface area contributed by atoms with Crippen LogP contribution in [-0.4, -0.2) is 35.5 Å². The number of nitrogens with zero attached hydrogens (tertiary/aromatic N) is 1. The molecular formula is C22H20N2O4S. The van der Waals surface area contributed by atoms with Crippen molar-refractivity contribution in [1.29, 1.82) is 0 Å². The van der Waals surface area contributed by atoms with E-state index >= 15 is 0 Å². The number of carbonyl (C=O) groups is 2. The normalized spacial score (nSPS) is 15.3. The molecule has 0 spiro atoms. The van der Waals surface area contributed by atoms with Crippen LogP contribution in [-0.2, 0) is 16.2 Å². The number of hydrogen-bond acceptors (Lipinski definition) is 5. The molecule has 0 aromatic heterocycles. The first kappa shape index (κ1) is 20.3. The Labute approximate surface area is 174 Å². The first-order valence-corrected chi connectivity index (χ1v) is 9.29. The molecule has 0 radical (unpaired) electrons. The molecule has 0 saturated carbocycles. The standard InChI is InChI=1S/C22H20N2O4S/c1-3-11-24-21(26)17(20(25)23-22(24)29)12-16-9-10-18(27-2)19(13-16)28-14-15-7-5-4-6-8-15/h3-10,12-13H,1,11,14H2,2H3,(H,23,25,29)/b17-12+. The van der Waals surface area contributed by atoms with Crippen molar-refractivity contribution in [2.75, 3.05) is 13.7 Å². The topological polar surface area (TPSA) is 67.9 Å². The highest BCUT2D eigenvalue weighted by Crippen LogP contribution is 2.30. The maximum Gasteiger partial charge on any atom is 0.265 e. The number of ether oxygens (including phenoxy) is 2. The van der Waals surface area contributed by atoms with Crippen LogP contribution >= 0.6 is 12.2 Å². The molecule has 1 heterocycles. The number of rotatable bonds is 7. The van der Waals surface area contributed by atoms with Crippen LogP contribution in [0.1, 0.15) is 11.1 Å². The van der Waals surface area contributed by atoms with Crippen LogP contribution in [0.2, 0.25) is 0 Å². The maximum absolute atomic E-state index is 12.7. The highest BCUT2D eigenvalue weighted by molar-refractivity contribution is 7.80. The smallest absolute Gasteiger partial charge is 0.265 e. The van der Waals surface area contributed by atoms with Gasteiger partial charge in [0.05, 0.1) is 7.11 Å². The fraction of sp³-hybridized carbons (Fsp3) is 0.136. The number of nitrogens with one attached hydrogen (secondary N) is 1. The SMILES string of the molecule is C=CCN1C(=O)/C(=C/c2ccc(OC)c(OCc3ccccc3)c2)C(=O)NC1=S. The highest BCUT2D eigenvalue weighted by Gasteiger charge is 2.32. The van der Waals surface area contributed by atoms with Crippen molar-refractivity contribution in [1.82, 2.24) is 10.2 Å². The van der Waals surface area contributed by atoms with E-state index < -0.39 is 11.8 Å². The van der Waals surface area contributed by atoms with E-state index in [9.17, 15) is 9.59 Å². The Morgan fingerprint density at radius 1 is 1.14 bits per heavy atom. The number of hydrogen-bond donors (Lipinski definition) is 1. The molecule has 0 unspecified atom stereocenters. The van der Waals surface area contributed by atoms with Crippen molar-refractivity contribution >= 4 is 35.2 Å². The van der Waals surface area contributed by atoms with Gasteiger partial charge in [-0.15, -0.1) is 6.58 Å². The van der Waals surface area contributed by atoms with Crippen LogP contribution in [0.4, 0.5) is 0 Å². The molecule has 1 saturated heterocycles. The van der Waals surface area contributed by atoms with E-state index in [1.807, 2.05) is 30.3 Å². The predicted octanol–water partition coefficient (Wildman–Crippen LogP) is 3.09. The van der Waals surface area contributed by atoms with E-state index in [2.05, 4.69) is 11.9 Å². The first-order chi connectivity index (χ1) is 14.0. The fourth-order valence-electron chi connectivity index (χ4n) is 2.79. The fourth-order valence-corrected chi connectivity index (χ4v) is 3.04. The van der Waals surface area contributed by atoms with Gasteiger partial charge >= 0.3 is 0 Å². The maximum atomic E-state index is 12.7. The second-order valence-corrected chi connectivity index (χ2v) is 6.59. The molecule has 1 aliphatic rings. The molecule has 0 aliphatic carbocycles. The average molecular weight is 408 g/mol. The number of methoxy groups -OCH3 is 1. The Hall–Kier alpha value is -3.45. The second kappa shape index (κ2) is 9.16. The van der Waals surface area contributed by atoms with Crippen LogP contribution < -0.4 is 14.8 Å². The summed E-state index contributed by atoms with van der Waals surface area (Å²) in [5.74, 6) is 0.0499.